The minimum atomic E-state index is -0.241. The molecule has 0 saturated carbocycles. The van der Waals surface area contributed by atoms with Crippen molar-refractivity contribution in [2.45, 2.75) is 12.8 Å². The van der Waals surface area contributed by atoms with Crippen LogP contribution < -0.4 is 10.6 Å². The number of piperidine rings is 1. The van der Waals surface area contributed by atoms with Gasteiger partial charge in [-0.05, 0) is 68.8 Å². The number of rotatable bonds is 3. The minimum absolute atomic E-state index is 0.241. The zero-order valence-corrected chi connectivity index (χ0v) is 12.0. The summed E-state index contributed by atoms with van der Waals surface area (Å²) < 4.78 is 12.8. The summed E-state index contributed by atoms with van der Waals surface area (Å²) in [6, 6.07) is 6.19. The monoisotopic (exact) mass is 281 g/mol. The van der Waals surface area contributed by atoms with Gasteiger partial charge < -0.3 is 15.5 Å². The largest absolute Gasteiger partial charge is 0.362 e. The maximum absolute atomic E-state index is 12.8. The van der Waals surface area contributed by atoms with E-state index in [9.17, 15) is 4.39 Å². The topological polar surface area (TPSA) is 27.3 Å². The smallest absolute Gasteiger partial charge is 0.170 e. The maximum Gasteiger partial charge on any atom is 0.170 e. The van der Waals surface area contributed by atoms with Crippen LogP contribution in [0.1, 0.15) is 12.8 Å². The molecule has 3 nitrogen and oxygen atoms in total. The molecule has 1 heterocycles. The molecule has 5 heteroatoms. The Morgan fingerprint density at radius 2 is 2.16 bits per heavy atom. The minimum Gasteiger partial charge on any atom is -0.362 e. The number of nitrogens with one attached hydrogen (secondary N) is 2. The normalized spacial score (nSPS) is 20.0. The molecule has 0 aromatic heterocycles. The van der Waals surface area contributed by atoms with Gasteiger partial charge in [0.2, 0.25) is 0 Å². The number of anilines is 1. The number of nitrogens with zero attached hydrogens (tertiary/aromatic N) is 1. The van der Waals surface area contributed by atoms with Gasteiger partial charge in [-0.3, -0.25) is 0 Å². The molecule has 1 atom stereocenters. The lowest BCUT2D eigenvalue weighted by Gasteiger charge is -2.30. The van der Waals surface area contributed by atoms with Crippen molar-refractivity contribution in [3.8, 4) is 0 Å². The van der Waals surface area contributed by atoms with Crippen molar-refractivity contribution in [2.75, 3.05) is 32.0 Å². The molecule has 1 aliphatic heterocycles. The van der Waals surface area contributed by atoms with Crippen LogP contribution in [0.25, 0.3) is 0 Å². The van der Waals surface area contributed by atoms with Gasteiger partial charge in [0.05, 0.1) is 0 Å². The van der Waals surface area contributed by atoms with Crippen LogP contribution >= 0.6 is 12.2 Å². The highest BCUT2D eigenvalue weighted by Gasteiger charge is 2.16. The summed E-state index contributed by atoms with van der Waals surface area (Å²) in [6.45, 7) is 3.19. The predicted molar refractivity (Wildman–Crippen MR) is 80.8 cm³/mol. The molecule has 0 amide bonds. The third-order valence-corrected chi connectivity index (χ3v) is 3.62. The third kappa shape index (κ3) is 4.76. The van der Waals surface area contributed by atoms with Crippen LogP contribution in [0.2, 0.25) is 0 Å². The van der Waals surface area contributed by atoms with E-state index in [-0.39, 0.29) is 5.82 Å². The Bertz CT molecular complexity index is 421. The van der Waals surface area contributed by atoms with Crippen molar-refractivity contribution in [2.24, 2.45) is 5.92 Å². The number of hydrogen-bond donors (Lipinski definition) is 2. The Kier molecular flexibility index (Phi) is 5.10. The molecule has 2 N–H and O–H groups in total. The van der Waals surface area contributed by atoms with E-state index < -0.39 is 0 Å². The molecule has 1 unspecified atom stereocenters. The van der Waals surface area contributed by atoms with Crippen LogP contribution in [0, 0.1) is 11.7 Å². The van der Waals surface area contributed by atoms with E-state index in [4.69, 9.17) is 12.2 Å². The van der Waals surface area contributed by atoms with E-state index in [0.717, 1.165) is 18.8 Å². The molecule has 1 fully saturated rings. The fraction of sp³-hybridized carbons (Fsp3) is 0.500. The van der Waals surface area contributed by atoms with E-state index in [1.807, 2.05) is 0 Å². The number of thiocarbonyl (C=S) groups is 1. The van der Waals surface area contributed by atoms with Gasteiger partial charge in [0.1, 0.15) is 5.82 Å². The zero-order valence-electron chi connectivity index (χ0n) is 11.2. The van der Waals surface area contributed by atoms with Crippen LogP contribution in [0.15, 0.2) is 24.3 Å². The number of halogens is 1. The summed E-state index contributed by atoms with van der Waals surface area (Å²) in [5.74, 6) is 0.404. The van der Waals surface area contributed by atoms with Crippen molar-refractivity contribution < 1.29 is 4.39 Å². The zero-order chi connectivity index (χ0) is 13.7. The quantitative estimate of drug-likeness (QED) is 0.832. The van der Waals surface area contributed by atoms with E-state index in [1.54, 1.807) is 12.1 Å². The average Bonchev–Trinajstić information content (AvgIpc) is 2.39. The highest BCUT2D eigenvalue weighted by Crippen LogP contribution is 2.14. The second-order valence-corrected chi connectivity index (χ2v) is 5.52. The number of likely N-dealkylation sites (tertiary alicyclic amines) is 1. The van der Waals surface area contributed by atoms with Crippen LogP contribution in [0.4, 0.5) is 10.1 Å². The first-order valence-electron chi connectivity index (χ1n) is 6.62. The van der Waals surface area contributed by atoms with E-state index in [0.29, 0.717) is 11.0 Å². The third-order valence-electron chi connectivity index (χ3n) is 3.38. The Hall–Kier alpha value is -1.20. The molecular formula is C14H20FN3S. The molecule has 2 rings (SSSR count). The van der Waals surface area contributed by atoms with Crippen LogP contribution in [-0.4, -0.2) is 36.7 Å². The Balaban J connectivity index is 1.73. The summed E-state index contributed by atoms with van der Waals surface area (Å²) in [5, 5.41) is 6.89. The van der Waals surface area contributed by atoms with E-state index in [1.165, 1.54) is 31.5 Å². The van der Waals surface area contributed by atoms with Crippen LogP contribution in [0.5, 0.6) is 0 Å². The molecule has 1 saturated heterocycles. The molecule has 0 radical (unpaired) electrons. The summed E-state index contributed by atoms with van der Waals surface area (Å²) in [7, 11) is 2.15. The highest BCUT2D eigenvalue weighted by molar-refractivity contribution is 7.80. The first-order chi connectivity index (χ1) is 9.13. The van der Waals surface area contributed by atoms with Crippen molar-refractivity contribution in [3.05, 3.63) is 30.1 Å². The molecule has 19 heavy (non-hydrogen) atoms. The molecule has 0 spiro atoms. The van der Waals surface area contributed by atoms with Gasteiger partial charge in [-0.15, -0.1) is 0 Å². The molecule has 104 valence electrons. The van der Waals surface area contributed by atoms with E-state index >= 15 is 0 Å². The maximum atomic E-state index is 12.8. The summed E-state index contributed by atoms with van der Waals surface area (Å²) in [6.07, 6.45) is 2.50. The second kappa shape index (κ2) is 6.82. The Morgan fingerprint density at radius 3 is 2.84 bits per heavy atom. The molecule has 1 aliphatic rings. The molecule has 1 aromatic rings. The summed E-state index contributed by atoms with van der Waals surface area (Å²) >= 11 is 5.24. The van der Waals surface area contributed by atoms with Gasteiger partial charge >= 0.3 is 0 Å². The Labute approximate surface area is 119 Å². The lowest BCUT2D eigenvalue weighted by Crippen LogP contribution is -2.40. The van der Waals surface area contributed by atoms with Crippen molar-refractivity contribution in [1.82, 2.24) is 10.2 Å². The summed E-state index contributed by atoms with van der Waals surface area (Å²) in [5.41, 5.74) is 0.805. The highest BCUT2D eigenvalue weighted by atomic mass is 32.1. The fourth-order valence-corrected chi connectivity index (χ4v) is 2.59. The van der Waals surface area contributed by atoms with Crippen molar-refractivity contribution >= 4 is 23.0 Å². The molecular weight excluding hydrogens is 261 g/mol. The van der Waals surface area contributed by atoms with Crippen molar-refractivity contribution in [1.29, 1.82) is 0 Å². The fourth-order valence-electron chi connectivity index (χ4n) is 2.39. The van der Waals surface area contributed by atoms with Crippen molar-refractivity contribution in [3.63, 3.8) is 0 Å². The lowest BCUT2D eigenvalue weighted by atomic mass is 9.99. The van der Waals surface area contributed by atoms with Gasteiger partial charge in [0, 0.05) is 18.8 Å². The first-order valence-corrected chi connectivity index (χ1v) is 7.03. The average molecular weight is 281 g/mol. The molecule has 1 aromatic carbocycles. The first kappa shape index (κ1) is 14.2. The molecule has 0 aliphatic carbocycles. The van der Waals surface area contributed by atoms with Crippen LogP contribution in [0.3, 0.4) is 0 Å². The van der Waals surface area contributed by atoms with Gasteiger partial charge in [-0.25, -0.2) is 4.39 Å². The summed E-state index contributed by atoms with van der Waals surface area (Å²) in [4.78, 5) is 2.35. The lowest BCUT2D eigenvalue weighted by molar-refractivity contribution is 0.211. The SMILES string of the molecule is CN1CCCC(CNC(=S)Nc2ccc(F)cc2)C1. The number of benzene rings is 1. The van der Waals surface area contributed by atoms with Gasteiger partial charge in [-0.2, -0.15) is 0 Å². The standard InChI is InChI=1S/C14H20FN3S/c1-18-8-2-3-11(10-18)9-16-14(19)17-13-6-4-12(15)5-7-13/h4-7,11H,2-3,8-10H2,1H3,(H2,16,17,19). The van der Waals surface area contributed by atoms with E-state index in [2.05, 4.69) is 22.6 Å². The molecule has 0 bridgehead atoms. The second-order valence-electron chi connectivity index (χ2n) is 5.11. The Morgan fingerprint density at radius 1 is 1.42 bits per heavy atom. The van der Waals surface area contributed by atoms with Gasteiger partial charge in [0.15, 0.2) is 5.11 Å². The van der Waals surface area contributed by atoms with Crippen LogP contribution in [-0.2, 0) is 0 Å². The van der Waals surface area contributed by atoms with Gasteiger partial charge in [-0.1, -0.05) is 0 Å². The van der Waals surface area contributed by atoms with Gasteiger partial charge in [0.25, 0.3) is 0 Å². The number of hydrogen-bond acceptors (Lipinski definition) is 2. The predicted octanol–water partition coefficient (Wildman–Crippen LogP) is 2.45.